The number of ether oxygens (including phenoxy) is 3. The summed E-state index contributed by atoms with van der Waals surface area (Å²) in [6.45, 7) is 0.255. The Kier molecular flexibility index (Phi) is 6.33. The standard InChI is InChI=1S/C20H22ClN3O5/c1-22-20(26)18-10-24(14-6-4-5-7-15(14)29-18)11-19(25)23-13-8-12(21)16(27-2)9-17(13)28-3/h4-9,18H,10-11H2,1-3H3,(H,22,26)(H,23,25). The fourth-order valence-electron chi connectivity index (χ4n) is 3.08. The Morgan fingerprint density at radius 3 is 2.62 bits per heavy atom. The first-order valence-electron chi connectivity index (χ1n) is 8.90. The molecule has 0 saturated heterocycles. The summed E-state index contributed by atoms with van der Waals surface area (Å²) < 4.78 is 16.2. The molecule has 8 nitrogen and oxygen atoms in total. The highest BCUT2D eigenvalue weighted by atomic mass is 35.5. The number of hydrogen-bond donors (Lipinski definition) is 2. The number of likely N-dealkylation sites (N-methyl/N-ethyl adjacent to an activating group) is 1. The zero-order chi connectivity index (χ0) is 21.0. The van der Waals surface area contributed by atoms with Crippen molar-refractivity contribution in [3.8, 4) is 17.2 Å². The normalized spacial score (nSPS) is 15.0. The van der Waals surface area contributed by atoms with Crippen LogP contribution in [0.2, 0.25) is 5.02 Å². The smallest absolute Gasteiger partial charge is 0.262 e. The average molecular weight is 420 g/mol. The van der Waals surface area contributed by atoms with Crippen LogP contribution in [0.4, 0.5) is 11.4 Å². The van der Waals surface area contributed by atoms with E-state index in [1.165, 1.54) is 14.2 Å². The van der Waals surface area contributed by atoms with Crippen molar-refractivity contribution in [2.24, 2.45) is 0 Å². The van der Waals surface area contributed by atoms with Gasteiger partial charge in [0.2, 0.25) is 5.91 Å². The molecule has 1 atom stereocenters. The summed E-state index contributed by atoms with van der Waals surface area (Å²) in [5.74, 6) is 0.859. The van der Waals surface area contributed by atoms with Crippen LogP contribution in [0.15, 0.2) is 36.4 Å². The van der Waals surface area contributed by atoms with E-state index in [1.807, 2.05) is 18.2 Å². The number of amides is 2. The minimum absolute atomic E-state index is 0.0146. The number of anilines is 2. The SMILES string of the molecule is CNC(=O)C1CN(CC(=O)Nc2cc(Cl)c(OC)cc2OC)c2ccccc2O1. The monoisotopic (exact) mass is 419 g/mol. The molecule has 0 bridgehead atoms. The fraction of sp³-hybridized carbons (Fsp3) is 0.300. The molecule has 2 N–H and O–H groups in total. The molecule has 154 valence electrons. The van der Waals surface area contributed by atoms with Crippen molar-refractivity contribution < 1.29 is 23.8 Å². The molecule has 2 aromatic carbocycles. The van der Waals surface area contributed by atoms with E-state index in [0.717, 1.165) is 5.69 Å². The van der Waals surface area contributed by atoms with Crippen LogP contribution < -0.4 is 29.7 Å². The number of para-hydroxylation sites is 2. The Bertz CT molecular complexity index is 921. The fourth-order valence-corrected chi connectivity index (χ4v) is 3.32. The van der Waals surface area contributed by atoms with Crippen LogP contribution in [0, 0.1) is 0 Å². The second-order valence-electron chi connectivity index (χ2n) is 6.30. The molecule has 1 unspecified atom stereocenters. The first kappa shape index (κ1) is 20.6. The molecule has 2 amide bonds. The summed E-state index contributed by atoms with van der Waals surface area (Å²) in [5.41, 5.74) is 1.16. The third-order valence-electron chi connectivity index (χ3n) is 4.48. The highest BCUT2D eigenvalue weighted by Crippen LogP contribution is 2.36. The molecular formula is C20H22ClN3O5. The van der Waals surface area contributed by atoms with Crippen molar-refractivity contribution >= 4 is 34.8 Å². The maximum atomic E-state index is 12.7. The van der Waals surface area contributed by atoms with Gasteiger partial charge in [0.15, 0.2) is 6.10 Å². The van der Waals surface area contributed by atoms with Gasteiger partial charge in [0.1, 0.15) is 17.2 Å². The van der Waals surface area contributed by atoms with E-state index < -0.39 is 6.10 Å². The van der Waals surface area contributed by atoms with E-state index in [2.05, 4.69) is 10.6 Å². The van der Waals surface area contributed by atoms with Gasteiger partial charge in [-0.05, 0) is 18.2 Å². The number of methoxy groups -OCH3 is 2. The number of nitrogens with one attached hydrogen (secondary N) is 2. The topological polar surface area (TPSA) is 89.1 Å². The maximum absolute atomic E-state index is 12.7. The predicted octanol–water partition coefficient (Wildman–Crippen LogP) is 2.31. The molecule has 2 aromatic rings. The van der Waals surface area contributed by atoms with Crippen LogP contribution in [-0.4, -0.2) is 52.3 Å². The van der Waals surface area contributed by atoms with Crippen LogP contribution in [0.1, 0.15) is 0 Å². The first-order valence-corrected chi connectivity index (χ1v) is 9.28. The van der Waals surface area contributed by atoms with E-state index in [4.69, 9.17) is 25.8 Å². The molecular weight excluding hydrogens is 398 g/mol. The maximum Gasteiger partial charge on any atom is 0.262 e. The van der Waals surface area contributed by atoms with Gasteiger partial charge in [-0.1, -0.05) is 23.7 Å². The molecule has 1 aliphatic heterocycles. The Hall–Kier alpha value is -3.13. The van der Waals surface area contributed by atoms with E-state index >= 15 is 0 Å². The van der Waals surface area contributed by atoms with Crippen molar-refractivity contribution in [1.29, 1.82) is 0 Å². The Labute approximate surface area is 173 Å². The lowest BCUT2D eigenvalue weighted by Gasteiger charge is -2.35. The largest absolute Gasteiger partial charge is 0.495 e. The van der Waals surface area contributed by atoms with Crippen molar-refractivity contribution in [3.63, 3.8) is 0 Å². The van der Waals surface area contributed by atoms with Crippen molar-refractivity contribution in [2.75, 3.05) is 44.6 Å². The number of carbonyl (C=O) groups is 2. The lowest BCUT2D eigenvalue weighted by Crippen LogP contribution is -2.50. The van der Waals surface area contributed by atoms with Gasteiger partial charge in [-0.2, -0.15) is 0 Å². The second-order valence-corrected chi connectivity index (χ2v) is 6.71. The molecule has 0 fully saturated rings. The van der Waals surface area contributed by atoms with Gasteiger partial charge in [-0.15, -0.1) is 0 Å². The third-order valence-corrected chi connectivity index (χ3v) is 4.78. The minimum Gasteiger partial charge on any atom is -0.495 e. The first-order chi connectivity index (χ1) is 14.0. The lowest BCUT2D eigenvalue weighted by atomic mass is 10.1. The van der Waals surface area contributed by atoms with Gasteiger partial charge in [-0.25, -0.2) is 0 Å². The van der Waals surface area contributed by atoms with Gasteiger partial charge in [0.05, 0.1) is 43.7 Å². The van der Waals surface area contributed by atoms with Gasteiger partial charge in [0.25, 0.3) is 5.91 Å². The predicted molar refractivity (Wildman–Crippen MR) is 110 cm³/mol. The molecule has 0 aromatic heterocycles. The van der Waals surface area contributed by atoms with Crippen LogP contribution in [-0.2, 0) is 9.59 Å². The number of carbonyl (C=O) groups excluding carboxylic acids is 2. The molecule has 1 heterocycles. The molecule has 1 aliphatic rings. The quantitative estimate of drug-likeness (QED) is 0.747. The third kappa shape index (κ3) is 4.48. The van der Waals surface area contributed by atoms with Crippen LogP contribution in [0.25, 0.3) is 0 Å². The summed E-state index contributed by atoms with van der Waals surface area (Å²) in [7, 11) is 4.53. The molecule has 0 spiro atoms. The van der Waals surface area contributed by atoms with E-state index in [0.29, 0.717) is 28.0 Å². The zero-order valence-corrected chi connectivity index (χ0v) is 17.1. The van der Waals surface area contributed by atoms with Gasteiger partial charge >= 0.3 is 0 Å². The van der Waals surface area contributed by atoms with Crippen LogP contribution in [0.3, 0.4) is 0 Å². The average Bonchev–Trinajstić information content (AvgIpc) is 2.73. The Morgan fingerprint density at radius 1 is 1.21 bits per heavy atom. The highest BCUT2D eigenvalue weighted by molar-refractivity contribution is 6.32. The van der Waals surface area contributed by atoms with Crippen molar-refractivity contribution in [1.82, 2.24) is 5.32 Å². The Balaban J connectivity index is 1.80. The highest BCUT2D eigenvalue weighted by Gasteiger charge is 2.31. The van der Waals surface area contributed by atoms with Crippen LogP contribution >= 0.6 is 11.6 Å². The molecule has 0 radical (unpaired) electrons. The summed E-state index contributed by atoms with van der Waals surface area (Å²) >= 11 is 6.17. The summed E-state index contributed by atoms with van der Waals surface area (Å²) in [6, 6.07) is 10.4. The molecule has 0 saturated carbocycles. The summed E-state index contributed by atoms with van der Waals surface area (Å²) in [4.78, 5) is 26.6. The number of fused-ring (bicyclic) bond motifs is 1. The summed E-state index contributed by atoms with van der Waals surface area (Å²) in [5, 5.41) is 5.73. The van der Waals surface area contributed by atoms with E-state index in [1.54, 1.807) is 30.1 Å². The van der Waals surface area contributed by atoms with E-state index in [-0.39, 0.29) is 24.9 Å². The van der Waals surface area contributed by atoms with Crippen LogP contribution in [0.5, 0.6) is 17.2 Å². The van der Waals surface area contributed by atoms with Gasteiger partial charge in [-0.3, -0.25) is 9.59 Å². The number of benzene rings is 2. The zero-order valence-electron chi connectivity index (χ0n) is 16.3. The van der Waals surface area contributed by atoms with Gasteiger partial charge in [0, 0.05) is 13.1 Å². The molecule has 9 heteroatoms. The molecule has 0 aliphatic carbocycles. The van der Waals surface area contributed by atoms with Gasteiger partial charge < -0.3 is 29.7 Å². The Morgan fingerprint density at radius 2 is 1.93 bits per heavy atom. The summed E-state index contributed by atoms with van der Waals surface area (Å²) in [6.07, 6.45) is -0.715. The molecule has 29 heavy (non-hydrogen) atoms. The van der Waals surface area contributed by atoms with E-state index in [9.17, 15) is 9.59 Å². The number of nitrogens with zero attached hydrogens (tertiary/aromatic N) is 1. The number of rotatable bonds is 6. The number of halogens is 1. The van der Waals surface area contributed by atoms with Crippen molar-refractivity contribution in [2.45, 2.75) is 6.10 Å². The van der Waals surface area contributed by atoms with Crippen molar-refractivity contribution in [3.05, 3.63) is 41.4 Å². The second kappa shape index (κ2) is 8.91. The number of hydrogen-bond acceptors (Lipinski definition) is 6. The minimum atomic E-state index is -0.715. The lowest BCUT2D eigenvalue weighted by molar-refractivity contribution is -0.127. The molecule has 3 rings (SSSR count).